The molecule has 1 N–H and O–H groups in total. The SMILES string of the molecule is CC(C)C(O)C1CCCCN1C. The van der Waals surface area contributed by atoms with Gasteiger partial charge in [0.15, 0.2) is 0 Å². The van der Waals surface area contributed by atoms with E-state index in [1.807, 2.05) is 0 Å². The third kappa shape index (κ3) is 2.20. The highest BCUT2D eigenvalue weighted by Gasteiger charge is 2.27. The van der Waals surface area contributed by atoms with Gasteiger partial charge in [0.05, 0.1) is 6.10 Å². The Morgan fingerprint density at radius 3 is 2.50 bits per heavy atom. The molecule has 1 heterocycles. The first-order valence-electron chi connectivity index (χ1n) is 5.01. The number of hydrogen-bond donors (Lipinski definition) is 1. The Balaban J connectivity index is 2.47. The lowest BCUT2D eigenvalue weighted by Crippen LogP contribution is -2.46. The predicted octanol–water partition coefficient (Wildman–Crippen LogP) is 1.49. The summed E-state index contributed by atoms with van der Waals surface area (Å²) in [5.74, 6) is 0.385. The second-order valence-corrected chi connectivity index (χ2v) is 4.28. The molecule has 1 aliphatic heterocycles. The Labute approximate surface area is 75.6 Å². The van der Waals surface area contributed by atoms with E-state index in [1.54, 1.807) is 0 Å². The molecular weight excluding hydrogens is 150 g/mol. The molecule has 1 fully saturated rings. The molecule has 0 aliphatic carbocycles. The average Bonchev–Trinajstić information content (AvgIpc) is 2.04. The highest BCUT2D eigenvalue weighted by molar-refractivity contribution is 4.82. The van der Waals surface area contributed by atoms with Gasteiger partial charge in [0, 0.05) is 6.04 Å². The van der Waals surface area contributed by atoms with Crippen LogP contribution in [0.4, 0.5) is 0 Å². The van der Waals surface area contributed by atoms with Gasteiger partial charge in [0.1, 0.15) is 0 Å². The van der Waals surface area contributed by atoms with Crippen molar-refractivity contribution < 1.29 is 5.11 Å². The van der Waals surface area contributed by atoms with Crippen LogP contribution >= 0.6 is 0 Å². The molecule has 2 heteroatoms. The van der Waals surface area contributed by atoms with Crippen molar-refractivity contribution in [2.45, 2.75) is 45.3 Å². The summed E-state index contributed by atoms with van der Waals surface area (Å²) < 4.78 is 0. The van der Waals surface area contributed by atoms with Crippen molar-refractivity contribution in [2.24, 2.45) is 5.92 Å². The van der Waals surface area contributed by atoms with Gasteiger partial charge in [-0.15, -0.1) is 0 Å². The van der Waals surface area contributed by atoms with Crippen molar-refractivity contribution in [1.29, 1.82) is 0 Å². The quantitative estimate of drug-likeness (QED) is 0.680. The minimum Gasteiger partial charge on any atom is -0.391 e. The number of likely N-dealkylation sites (tertiary alicyclic amines) is 1. The van der Waals surface area contributed by atoms with Crippen molar-refractivity contribution in [2.75, 3.05) is 13.6 Å². The van der Waals surface area contributed by atoms with Crippen molar-refractivity contribution >= 4 is 0 Å². The van der Waals surface area contributed by atoms with Gasteiger partial charge in [0.25, 0.3) is 0 Å². The van der Waals surface area contributed by atoms with E-state index in [0.717, 1.165) is 13.0 Å². The lowest BCUT2D eigenvalue weighted by atomic mass is 9.92. The second-order valence-electron chi connectivity index (χ2n) is 4.28. The molecule has 2 atom stereocenters. The van der Waals surface area contributed by atoms with Crippen LogP contribution in [-0.2, 0) is 0 Å². The van der Waals surface area contributed by atoms with Crippen molar-refractivity contribution in [3.05, 3.63) is 0 Å². The molecule has 72 valence electrons. The third-order valence-electron chi connectivity index (χ3n) is 2.90. The summed E-state index contributed by atoms with van der Waals surface area (Å²) in [6.07, 6.45) is 3.59. The first kappa shape index (κ1) is 10.0. The van der Waals surface area contributed by atoms with Gasteiger partial charge < -0.3 is 10.0 Å². The monoisotopic (exact) mass is 171 g/mol. The minimum absolute atomic E-state index is 0.143. The molecular formula is C10H21NO. The van der Waals surface area contributed by atoms with Crippen molar-refractivity contribution in [1.82, 2.24) is 4.90 Å². The van der Waals surface area contributed by atoms with Crippen LogP contribution in [0.15, 0.2) is 0 Å². The zero-order valence-corrected chi connectivity index (χ0v) is 8.45. The number of aliphatic hydroxyl groups excluding tert-OH is 1. The van der Waals surface area contributed by atoms with Gasteiger partial charge in [-0.1, -0.05) is 20.3 Å². The molecule has 0 bridgehead atoms. The van der Waals surface area contributed by atoms with Gasteiger partial charge in [-0.2, -0.15) is 0 Å². The van der Waals surface area contributed by atoms with Gasteiger partial charge in [-0.25, -0.2) is 0 Å². The third-order valence-corrected chi connectivity index (χ3v) is 2.90. The summed E-state index contributed by atoms with van der Waals surface area (Å²) in [4.78, 5) is 2.30. The molecule has 2 unspecified atom stereocenters. The second kappa shape index (κ2) is 4.24. The standard InChI is InChI=1S/C10H21NO/c1-8(2)10(12)9-6-4-5-7-11(9)3/h8-10,12H,4-7H2,1-3H3. The van der Waals surface area contributed by atoms with E-state index < -0.39 is 0 Å². The summed E-state index contributed by atoms with van der Waals surface area (Å²) in [5, 5.41) is 9.88. The fourth-order valence-electron chi connectivity index (χ4n) is 1.98. The molecule has 0 spiro atoms. The molecule has 1 saturated heterocycles. The summed E-state index contributed by atoms with van der Waals surface area (Å²) in [7, 11) is 2.12. The first-order chi connectivity index (χ1) is 5.63. The maximum atomic E-state index is 9.88. The van der Waals surface area contributed by atoms with Crippen LogP contribution in [0.5, 0.6) is 0 Å². The van der Waals surface area contributed by atoms with E-state index in [9.17, 15) is 5.11 Å². The number of aliphatic hydroxyl groups is 1. The van der Waals surface area contributed by atoms with E-state index in [2.05, 4.69) is 25.8 Å². The molecule has 12 heavy (non-hydrogen) atoms. The summed E-state index contributed by atoms with van der Waals surface area (Å²) in [5.41, 5.74) is 0. The van der Waals surface area contributed by atoms with Crippen LogP contribution in [0.25, 0.3) is 0 Å². The van der Waals surface area contributed by atoms with E-state index in [0.29, 0.717) is 12.0 Å². The topological polar surface area (TPSA) is 23.5 Å². The number of piperidine rings is 1. The van der Waals surface area contributed by atoms with Crippen LogP contribution in [0.2, 0.25) is 0 Å². The van der Waals surface area contributed by atoms with Crippen molar-refractivity contribution in [3.8, 4) is 0 Å². The number of nitrogens with zero attached hydrogens (tertiary/aromatic N) is 1. The minimum atomic E-state index is -0.143. The fourth-order valence-corrected chi connectivity index (χ4v) is 1.98. The molecule has 0 radical (unpaired) electrons. The lowest BCUT2D eigenvalue weighted by molar-refractivity contribution is 0.0128. The number of likely N-dealkylation sites (N-methyl/N-ethyl adjacent to an activating group) is 1. The van der Waals surface area contributed by atoms with Crippen LogP contribution in [-0.4, -0.2) is 35.7 Å². The molecule has 0 aromatic rings. The van der Waals surface area contributed by atoms with Gasteiger partial charge in [-0.05, 0) is 32.4 Å². The van der Waals surface area contributed by atoms with E-state index in [-0.39, 0.29) is 6.10 Å². The predicted molar refractivity (Wildman–Crippen MR) is 51.1 cm³/mol. The van der Waals surface area contributed by atoms with Crippen LogP contribution in [0.1, 0.15) is 33.1 Å². The zero-order chi connectivity index (χ0) is 9.14. The smallest absolute Gasteiger partial charge is 0.0718 e. The molecule has 0 aromatic heterocycles. The molecule has 0 saturated carbocycles. The summed E-state index contributed by atoms with van der Waals surface area (Å²) in [6, 6.07) is 0.402. The van der Waals surface area contributed by atoms with Crippen LogP contribution in [0, 0.1) is 5.92 Å². The summed E-state index contributed by atoms with van der Waals surface area (Å²) in [6.45, 7) is 5.33. The fraction of sp³-hybridized carbons (Fsp3) is 1.00. The van der Waals surface area contributed by atoms with Crippen LogP contribution in [0.3, 0.4) is 0 Å². The van der Waals surface area contributed by atoms with E-state index in [1.165, 1.54) is 12.8 Å². The average molecular weight is 171 g/mol. The number of rotatable bonds is 2. The maximum absolute atomic E-state index is 9.88. The van der Waals surface area contributed by atoms with Gasteiger partial charge in [-0.3, -0.25) is 0 Å². The lowest BCUT2D eigenvalue weighted by Gasteiger charge is -2.37. The zero-order valence-electron chi connectivity index (χ0n) is 8.45. The Morgan fingerprint density at radius 2 is 2.00 bits per heavy atom. The molecule has 0 aromatic carbocycles. The largest absolute Gasteiger partial charge is 0.391 e. The highest BCUT2D eigenvalue weighted by Crippen LogP contribution is 2.21. The van der Waals surface area contributed by atoms with E-state index >= 15 is 0 Å². The van der Waals surface area contributed by atoms with Gasteiger partial charge in [0.2, 0.25) is 0 Å². The maximum Gasteiger partial charge on any atom is 0.0718 e. The molecule has 0 amide bonds. The molecule has 1 aliphatic rings. The Hall–Kier alpha value is -0.0800. The van der Waals surface area contributed by atoms with Crippen LogP contribution < -0.4 is 0 Å². The summed E-state index contributed by atoms with van der Waals surface area (Å²) >= 11 is 0. The Kier molecular flexibility index (Phi) is 3.53. The van der Waals surface area contributed by atoms with Crippen molar-refractivity contribution in [3.63, 3.8) is 0 Å². The Morgan fingerprint density at radius 1 is 1.33 bits per heavy atom. The normalized spacial score (nSPS) is 29.2. The number of hydrogen-bond acceptors (Lipinski definition) is 2. The van der Waals surface area contributed by atoms with E-state index in [4.69, 9.17) is 0 Å². The molecule has 1 rings (SSSR count). The molecule has 2 nitrogen and oxygen atoms in total. The van der Waals surface area contributed by atoms with Gasteiger partial charge >= 0.3 is 0 Å². The first-order valence-corrected chi connectivity index (χ1v) is 5.01. The Bertz CT molecular complexity index is 136. The highest BCUT2D eigenvalue weighted by atomic mass is 16.3.